The van der Waals surface area contributed by atoms with Gasteiger partial charge in [-0.1, -0.05) is 41.6 Å². The third kappa shape index (κ3) is 2.48. The Morgan fingerprint density at radius 1 is 1.28 bits per heavy atom. The minimum absolute atomic E-state index is 0.0555. The normalized spacial score (nSPS) is 10.9. The Kier molecular flexibility index (Phi) is 3.57. The van der Waals surface area contributed by atoms with Gasteiger partial charge in [0.1, 0.15) is 0 Å². The van der Waals surface area contributed by atoms with Crippen LogP contribution >= 0.6 is 0 Å². The van der Waals surface area contributed by atoms with Gasteiger partial charge in [0.15, 0.2) is 0 Å². The van der Waals surface area contributed by atoms with Crippen molar-refractivity contribution in [1.29, 1.82) is 0 Å². The van der Waals surface area contributed by atoms with Crippen LogP contribution in [0.4, 0.5) is 0 Å². The van der Waals surface area contributed by atoms with Crippen LogP contribution in [0.3, 0.4) is 0 Å². The van der Waals surface area contributed by atoms with Gasteiger partial charge in [-0.15, -0.1) is 0 Å². The van der Waals surface area contributed by atoms with Crippen LogP contribution in [-0.2, 0) is 11.3 Å². The molecule has 0 saturated carbocycles. The summed E-state index contributed by atoms with van der Waals surface area (Å²) in [6, 6.07) is 11.6. The van der Waals surface area contributed by atoms with E-state index in [1.54, 1.807) is 0 Å². The lowest BCUT2D eigenvalue weighted by Gasteiger charge is -2.09. The van der Waals surface area contributed by atoms with Crippen LogP contribution in [0.5, 0.6) is 0 Å². The molecule has 0 unspecified atom stereocenters. The highest BCUT2D eigenvalue weighted by Crippen LogP contribution is 2.21. The summed E-state index contributed by atoms with van der Waals surface area (Å²) in [5.74, 6) is -0.0555. The Morgan fingerprint density at radius 3 is 2.67 bits per heavy atom. The molecule has 0 saturated heterocycles. The average Bonchev–Trinajstić information content (AvgIpc) is 2.38. The van der Waals surface area contributed by atoms with Gasteiger partial charge in [0.2, 0.25) is 5.91 Å². The first kappa shape index (κ1) is 12.1. The Hall–Kier alpha value is -2.36. The smallest absolute Gasteiger partial charge is 0.217 e. The SMILES string of the molecule is CC(=O)NCc1ccc(/C=N\O)c2ccccc12. The van der Waals surface area contributed by atoms with Gasteiger partial charge in [-0.05, 0) is 16.3 Å². The van der Waals surface area contributed by atoms with Crippen molar-refractivity contribution < 1.29 is 10.0 Å². The predicted molar refractivity (Wildman–Crippen MR) is 70.8 cm³/mol. The molecule has 0 aliphatic carbocycles. The third-order valence-corrected chi connectivity index (χ3v) is 2.77. The van der Waals surface area contributed by atoms with Crippen molar-refractivity contribution in [3.8, 4) is 0 Å². The minimum Gasteiger partial charge on any atom is -0.411 e. The van der Waals surface area contributed by atoms with Gasteiger partial charge in [0, 0.05) is 19.0 Å². The van der Waals surface area contributed by atoms with E-state index in [1.807, 2.05) is 36.4 Å². The average molecular weight is 242 g/mol. The van der Waals surface area contributed by atoms with Crippen LogP contribution in [0.2, 0.25) is 0 Å². The number of rotatable bonds is 3. The van der Waals surface area contributed by atoms with E-state index in [9.17, 15) is 4.79 Å². The number of carbonyl (C=O) groups excluding carboxylic acids is 1. The fourth-order valence-electron chi connectivity index (χ4n) is 1.93. The molecule has 0 spiro atoms. The highest BCUT2D eigenvalue weighted by molar-refractivity contribution is 6.01. The number of benzene rings is 2. The molecule has 92 valence electrons. The first-order valence-corrected chi connectivity index (χ1v) is 5.65. The van der Waals surface area contributed by atoms with Gasteiger partial charge in [-0.3, -0.25) is 4.79 Å². The summed E-state index contributed by atoms with van der Waals surface area (Å²) >= 11 is 0. The lowest BCUT2D eigenvalue weighted by atomic mass is 10.00. The molecule has 1 amide bonds. The van der Waals surface area contributed by atoms with Crippen molar-refractivity contribution in [3.05, 3.63) is 47.5 Å². The molecule has 0 bridgehead atoms. The molecule has 2 aromatic carbocycles. The van der Waals surface area contributed by atoms with E-state index in [0.29, 0.717) is 6.54 Å². The highest BCUT2D eigenvalue weighted by Gasteiger charge is 2.04. The quantitative estimate of drug-likeness (QED) is 0.493. The molecule has 4 nitrogen and oxygen atoms in total. The van der Waals surface area contributed by atoms with Crippen LogP contribution in [0, 0.1) is 0 Å². The van der Waals surface area contributed by atoms with Crippen molar-refractivity contribution >= 4 is 22.9 Å². The molecule has 0 aliphatic heterocycles. The molecule has 0 aromatic heterocycles. The summed E-state index contributed by atoms with van der Waals surface area (Å²) in [5.41, 5.74) is 1.88. The number of hydrogen-bond acceptors (Lipinski definition) is 3. The molecule has 0 heterocycles. The Balaban J connectivity index is 2.50. The van der Waals surface area contributed by atoms with Crippen molar-refractivity contribution in [1.82, 2.24) is 5.32 Å². The molecule has 0 fully saturated rings. The summed E-state index contributed by atoms with van der Waals surface area (Å²) in [6.07, 6.45) is 1.41. The molecule has 2 rings (SSSR count). The van der Waals surface area contributed by atoms with Crippen molar-refractivity contribution in [2.45, 2.75) is 13.5 Å². The number of oxime groups is 1. The van der Waals surface area contributed by atoms with Crippen molar-refractivity contribution in [3.63, 3.8) is 0 Å². The first-order valence-electron chi connectivity index (χ1n) is 5.65. The Labute approximate surface area is 105 Å². The summed E-state index contributed by atoms with van der Waals surface area (Å²) in [7, 11) is 0. The summed E-state index contributed by atoms with van der Waals surface area (Å²) in [4.78, 5) is 11.0. The Bertz CT molecular complexity index is 606. The highest BCUT2D eigenvalue weighted by atomic mass is 16.4. The molecular formula is C14H14N2O2. The number of amides is 1. The second kappa shape index (κ2) is 5.31. The van der Waals surface area contributed by atoms with Crippen molar-refractivity contribution in [2.24, 2.45) is 5.16 Å². The molecule has 0 radical (unpaired) electrons. The molecule has 0 atom stereocenters. The van der Waals surface area contributed by atoms with E-state index in [2.05, 4.69) is 10.5 Å². The second-order valence-electron chi connectivity index (χ2n) is 4.01. The fourth-order valence-corrected chi connectivity index (χ4v) is 1.93. The lowest BCUT2D eigenvalue weighted by Crippen LogP contribution is -2.19. The van der Waals surface area contributed by atoms with Crippen LogP contribution in [-0.4, -0.2) is 17.3 Å². The minimum atomic E-state index is -0.0555. The molecule has 2 N–H and O–H groups in total. The first-order chi connectivity index (χ1) is 8.72. The topological polar surface area (TPSA) is 61.7 Å². The van der Waals surface area contributed by atoms with Crippen molar-refractivity contribution in [2.75, 3.05) is 0 Å². The lowest BCUT2D eigenvalue weighted by molar-refractivity contribution is -0.119. The number of fused-ring (bicyclic) bond motifs is 1. The largest absolute Gasteiger partial charge is 0.411 e. The Morgan fingerprint density at radius 2 is 2.00 bits per heavy atom. The van der Waals surface area contributed by atoms with Crippen LogP contribution in [0.15, 0.2) is 41.6 Å². The molecular weight excluding hydrogens is 228 g/mol. The standard InChI is InChI=1S/C14H14N2O2/c1-10(17)15-8-11-6-7-12(9-16-18)14-5-3-2-4-13(11)14/h2-7,9,18H,8H2,1H3,(H,15,17)/b16-9-. The molecule has 18 heavy (non-hydrogen) atoms. The van der Waals surface area contributed by atoms with Gasteiger partial charge in [0.05, 0.1) is 6.21 Å². The second-order valence-corrected chi connectivity index (χ2v) is 4.01. The number of carbonyl (C=O) groups is 1. The van der Waals surface area contributed by atoms with Crippen LogP contribution in [0.25, 0.3) is 10.8 Å². The van der Waals surface area contributed by atoms with Gasteiger partial charge >= 0.3 is 0 Å². The summed E-state index contributed by atoms with van der Waals surface area (Å²) < 4.78 is 0. The zero-order valence-electron chi connectivity index (χ0n) is 10.1. The van der Waals surface area contributed by atoms with Gasteiger partial charge in [-0.25, -0.2) is 0 Å². The molecule has 4 heteroatoms. The maximum atomic E-state index is 11.0. The van der Waals surface area contributed by atoms with E-state index < -0.39 is 0 Å². The van der Waals surface area contributed by atoms with E-state index in [0.717, 1.165) is 21.9 Å². The maximum absolute atomic E-state index is 11.0. The van der Waals surface area contributed by atoms with Crippen LogP contribution in [0.1, 0.15) is 18.1 Å². The fraction of sp³-hybridized carbons (Fsp3) is 0.143. The van der Waals surface area contributed by atoms with E-state index in [1.165, 1.54) is 13.1 Å². The summed E-state index contributed by atoms with van der Waals surface area (Å²) in [6.45, 7) is 1.99. The van der Waals surface area contributed by atoms with E-state index in [-0.39, 0.29) is 5.91 Å². The zero-order valence-corrected chi connectivity index (χ0v) is 10.1. The third-order valence-electron chi connectivity index (χ3n) is 2.77. The van der Waals surface area contributed by atoms with Gasteiger partial charge in [-0.2, -0.15) is 0 Å². The zero-order chi connectivity index (χ0) is 13.0. The number of nitrogens with one attached hydrogen (secondary N) is 1. The van der Waals surface area contributed by atoms with Gasteiger partial charge in [0.25, 0.3) is 0 Å². The molecule has 2 aromatic rings. The molecule has 0 aliphatic rings. The van der Waals surface area contributed by atoms with E-state index in [4.69, 9.17) is 5.21 Å². The number of hydrogen-bond donors (Lipinski definition) is 2. The predicted octanol–water partition coefficient (Wildman–Crippen LogP) is 2.28. The monoisotopic (exact) mass is 242 g/mol. The maximum Gasteiger partial charge on any atom is 0.217 e. The summed E-state index contributed by atoms with van der Waals surface area (Å²) in [5, 5.41) is 16.5. The van der Waals surface area contributed by atoms with Crippen LogP contribution < -0.4 is 5.32 Å². The number of nitrogens with zero attached hydrogens (tertiary/aromatic N) is 1. The van der Waals surface area contributed by atoms with E-state index >= 15 is 0 Å². The van der Waals surface area contributed by atoms with Gasteiger partial charge < -0.3 is 10.5 Å².